The van der Waals surface area contributed by atoms with E-state index in [4.69, 9.17) is 0 Å². The first-order valence-electron chi connectivity index (χ1n) is 6.84. The summed E-state index contributed by atoms with van der Waals surface area (Å²) in [6.45, 7) is 4.48. The Kier molecular flexibility index (Phi) is 3.08. The van der Waals surface area contributed by atoms with E-state index in [0.29, 0.717) is 5.92 Å². The predicted molar refractivity (Wildman–Crippen MR) is 83.5 cm³/mol. The third kappa shape index (κ3) is 2.26. The van der Waals surface area contributed by atoms with Crippen LogP contribution in [-0.4, -0.2) is 0 Å². The largest absolute Gasteiger partial charge is 0.0622 e. The molecule has 0 atom stereocenters. The zero-order valence-electron chi connectivity index (χ0n) is 11.4. The lowest BCUT2D eigenvalue weighted by atomic mass is 9.94. The van der Waals surface area contributed by atoms with Crippen molar-refractivity contribution in [3.05, 3.63) is 72.3 Å². The average molecular weight is 246 g/mol. The van der Waals surface area contributed by atoms with E-state index in [0.717, 1.165) is 0 Å². The maximum Gasteiger partial charge on any atom is -0.0105 e. The smallest absolute Gasteiger partial charge is 0.0105 e. The highest BCUT2D eigenvalue weighted by molar-refractivity contribution is 5.97. The molecule has 0 N–H and O–H groups in total. The van der Waals surface area contributed by atoms with Crippen LogP contribution in [0, 0.1) is 0 Å². The predicted octanol–water partition coefficient (Wildman–Crippen LogP) is 5.63. The van der Waals surface area contributed by atoms with Crippen molar-refractivity contribution in [2.45, 2.75) is 19.8 Å². The summed E-state index contributed by atoms with van der Waals surface area (Å²) in [7, 11) is 0. The highest BCUT2D eigenvalue weighted by Crippen LogP contribution is 2.30. The quantitative estimate of drug-likeness (QED) is 0.549. The zero-order valence-corrected chi connectivity index (χ0v) is 11.4. The lowest BCUT2D eigenvalue weighted by Gasteiger charge is -2.10. The molecule has 0 spiro atoms. The molecule has 0 unspecified atom stereocenters. The first-order chi connectivity index (χ1) is 9.25. The van der Waals surface area contributed by atoms with Gasteiger partial charge in [0.05, 0.1) is 0 Å². The average Bonchev–Trinajstić information content (AvgIpc) is 2.47. The van der Waals surface area contributed by atoms with Crippen molar-refractivity contribution in [1.82, 2.24) is 0 Å². The number of fused-ring (bicyclic) bond motifs is 1. The van der Waals surface area contributed by atoms with E-state index in [2.05, 4.69) is 80.6 Å². The minimum Gasteiger partial charge on any atom is -0.0622 e. The van der Waals surface area contributed by atoms with Gasteiger partial charge in [0.25, 0.3) is 0 Å². The van der Waals surface area contributed by atoms with Crippen molar-refractivity contribution < 1.29 is 0 Å². The van der Waals surface area contributed by atoms with Crippen LogP contribution in [0.25, 0.3) is 21.9 Å². The first-order valence-corrected chi connectivity index (χ1v) is 6.84. The van der Waals surface area contributed by atoms with E-state index in [9.17, 15) is 0 Å². The number of hydrogen-bond donors (Lipinski definition) is 0. The third-order valence-corrected chi connectivity index (χ3v) is 3.66. The van der Waals surface area contributed by atoms with E-state index >= 15 is 0 Å². The molecule has 3 aromatic rings. The summed E-state index contributed by atoms with van der Waals surface area (Å²) in [5.41, 5.74) is 4.00. The third-order valence-electron chi connectivity index (χ3n) is 3.66. The molecule has 0 fully saturated rings. The second-order valence-corrected chi connectivity index (χ2v) is 5.31. The van der Waals surface area contributed by atoms with Gasteiger partial charge in [-0.1, -0.05) is 80.6 Å². The molecule has 0 heterocycles. The van der Waals surface area contributed by atoms with Gasteiger partial charge in [-0.25, -0.2) is 0 Å². The van der Waals surface area contributed by atoms with Crippen molar-refractivity contribution in [2.24, 2.45) is 0 Å². The Labute approximate surface area is 114 Å². The SMILES string of the molecule is CC(C)c1ccc2c(-c3ccccc3)cccc2c1. The fraction of sp³-hybridized carbons (Fsp3) is 0.158. The molecule has 0 amide bonds. The van der Waals surface area contributed by atoms with Crippen molar-refractivity contribution >= 4 is 10.8 Å². The van der Waals surface area contributed by atoms with Gasteiger partial charge in [0.15, 0.2) is 0 Å². The number of hydrogen-bond acceptors (Lipinski definition) is 0. The van der Waals surface area contributed by atoms with Gasteiger partial charge < -0.3 is 0 Å². The Bertz CT molecular complexity index is 694. The summed E-state index contributed by atoms with van der Waals surface area (Å²) in [5.74, 6) is 0.574. The van der Waals surface area contributed by atoms with Crippen LogP contribution in [0.15, 0.2) is 66.7 Å². The molecule has 0 nitrogen and oxygen atoms in total. The summed E-state index contributed by atoms with van der Waals surface area (Å²) < 4.78 is 0. The molecule has 0 aliphatic heterocycles. The van der Waals surface area contributed by atoms with Gasteiger partial charge in [0, 0.05) is 0 Å². The highest BCUT2D eigenvalue weighted by Gasteiger charge is 2.05. The summed E-state index contributed by atoms with van der Waals surface area (Å²) in [6, 6.07) is 24.0. The molecule has 0 aromatic heterocycles. The van der Waals surface area contributed by atoms with Gasteiger partial charge >= 0.3 is 0 Å². The molecule has 0 bridgehead atoms. The molecule has 0 aliphatic carbocycles. The van der Waals surface area contributed by atoms with Gasteiger partial charge in [-0.3, -0.25) is 0 Å². The van der Waals surface area contributed by atoms with Gasteiger partial charge in [-0.15, -0.1) is 0 Å². The van der Waals surface area contributed by atoms with Crippen molar-refractivity contribution in [1.29, 1.82) is 0 Å². The first kappa shape index (κ1) is 12.0. The molecule has 0 saturated heterocycles. The van der Waals surface area contributed by atoms with E-state index < -0.39 is 0 Å². The Morgan fingerprint density at radius 3 is 2.26 bits per heavy atom. The standard InChI is InChI=1S/C19H18/c1-14(2)16-11-12-19-17(13-16)9-6-10-18(19)15-7-4-3-5-8-15/h3-14H,1-2H3. The van der Waals surface area contributed by atoms with Crippen LogP contribution in [0.3, 0.4) is 0 Å². The number of benzene rings is 3. The Balaban J connectivity index is 2.22. The summed E-state index contributed by atoms with van der Waals surface area (Å²) >= 11 is 0. The summed E-state index contributed by atoms with van der Waals surface area (Å²) in [4.78, 5) is 0. The summed E-state index contributed by atoms with van der Waals surface area (Å²) in [6.07, 6.45) is 0. The zero-order chi connectivity index (χ0) is 13.2. The lowest BCUT2D eigenvalue weighted by Crippen LogP contribution is -1.88. The molecular formula is C19H18. The van der Waals surface area contributed by atoms with Crippen LogP contribution in [-0.2, 0) is 0 Å². The highest BCUT2D eigenvalue weighted by atomic mass is 14.1. The van der Waals surface area contributed by atoms with E-state index in [1.54, 1.807) is 0 Å². The van der Waals surface area contributed by atoms with Gasteiger partial charge in [-0.05, 0) is 33.4 Å². The molecule has 0 radical (unpaired) electrons. The van der Waals surface area contributed by atoms with Crippen LogP contribution < -0.4 is 0 Å². The van der Waals surface area contributed by atoms with Crippen LogP contribution in [0.2, 0.25) is 0 Å². The Hall–Kier alpha value is -2.08. The molecule has 0 aliphatic rings. The minimum atomic E-state index is 0.574. The van der Waals surface area contributed by atoms with Crippen molar-refractivity contribution in [3.8, 4) is 11.1 Å². The van der Waals surface area contributed by atoms with Crippen LogP contribution in [0.4, 0.5) is 0 Å². The minimum absolute atomic E-state index is 0.574. The van der Waals surface area contributed by atoms with Crippen LogP contribution >= 0.6 is 0 Å². The number of rotatable bonds is 2. The topological polar surface area (TPSA) is 0 Å². The molecular weight excluding hydrogens is 228 g/mol. The molecule has 0 heteroatoms. The van der Waals surface area contributed by atoms with E-state index in [1.165, 1.54) is 27.5 Å². The van der Waals surface area contributed by atoms with Gasteiger partial charge in [-0.2, -0.15) is 0 Å². The Morgan fingerprint density at radius 1 is 0.737 bits per heavy atom. The van der Waals surface area contributed by atoms with Crippen LogP contribution in [0.5, 0.6) is 0 Å². The van der Waals surface area contributed by atoms with E-state index in [-0.39, 0.29) is 0 Å². The van der Waals surface area contributed by atoms with Gasteiger partial charge in [0.2, 0.25) is 0 Å². The van der Waals surface area contributed by atoms with Crippen molar-refractivity contribution in [2.75, 3.05) is 0 Å². The molecule has 3 rings (SSSR count). The molecule has 0 saturated carbocycles. The van der Waals surface area contributed by atoms with E-state index in [1.807, 2.05) is 0 Å². The molecule has 94 valence electrons. The van der Waals surface area contributed by atoms with Crippen LogP contribution in [0.1, 0.15) is 25.3 Å². The summed E-state index contributed by atoms with van der Waals surface area (Å²) in [5, 5.41) is 2.66. The molecule has 19 heavy (non-hydrogen) atoms. The van der Waals surface area contributed by atoms with Gasteiger partial charge in [0.1, 0.15) is 0 Å². The maximum absolute atomic E-state index is 2.31. The maximum atomic E-state index is 2.31. The lowest BCUT2D eigenvalue weighted by molar-refractivity contribution is 0.869. The molecule has 3 aromatic carbocycles. The Morgan fingerprint density at radius 2 is 1.53 bits per heavy atom. The normalized spacial score (nSPS) is 11.1. The second kappa shape index (κ2) is 4.89. The fourth-order valence-electron chi connectivity index (χ4n) is 2.53. The fourth-order valence-corrected chi connectivity index (χ4v) is 2.53. The monoisotopic (exact) mass is 246 g/mol. The second-order valence-electron chi connectivity index (χ2n) is 5.31. The van der Waals surface area contributed by atoms with Crippen molar-refractivity contribution in [3.63, 3.8) is 0 Å².